The first-order valence-corrected chi connectivity index (χ1v) is 6.44. The summed E-state index contributed by atoms with van der Waals surface area (Å²) in [5.41, 5.74) is 1.58. The smallest absolute Gasteiger partial charge is 0.255 e. The van der Waals surface area contributed by atoms with Gasteiger partial charge in [-0.15, -0.1) is 0 Å². The molecule has 1 amide bonds. The Morgan fingerprint density at radius 3 is 2.60 bits per heavy atom. The average Bonchev–Trinajstić information content (AvgIpc) is 2.48. The van der Waals surface area contributed by atoms with Gasteiger partial charge < -0.3 is 9.64 Å². The molecule has 5 nitrogen and oxygen atoms in total. The number of carbonyl (C=O) groups excluding carboxylic acids is 1. The van der Waals surface area contributed by atoms with Gasteiger partial charge in [0.1, 0.15) is 0 Å². The Labute approximate surface area is 118 Å². The molecule has 0 fully saturated rings. The predicted molar refractivity (Wildman–Crippen MR) is 75.4 cm³/mol. The topological polar surface area (TPSA) is 55.3 Å². The monoisotopic (exact) mass is 271 g/mol. The third kappa shape index (κ3) is 3.54. The molecule has 0 spiro atoms. The highest BCUT2D eigenvalue weighted by atomic mass is 16.5. The van der Waals surface area contributed by atoms with Gasteiger partial charge in [-0.25, -0.2) is 4.98 Å². The molecule has 0 bridgehead atoms. The Morgan fingerprint density at radius 2 is 2.00 bits per heavy atom. The van der Waals surface area contributed by atoms with Crippen LogP contribution in [0.2, 0.25) is 0 Å². The van der Waals surface area contributed by atoms with Gasteiger partial charge in [-0.2, -0.15) is 0 Å². The van der Waals surface area contributed by atoms with Gasteiger partial charge in [0, 0.05) is 38.2 Å². The summed E-state index contributed by atoms with van der Waals surface area (Å²) in [6, 6.07) is 7.21. The second kappa shape index (κ2) is 6.65. The summed E-state index contributed by atoms with van der Waals surface area (Å²) >= 11 is 0. The van der Waals surface area contributed by atoms with Crippen LogP contribution in [-0.2, 0) is 6.54 Å². The van der Waals surface area contributed by atoms with Crippen LogP contribution in [0.15, 0.2) is 42.9 Å². The van der Waals surface area contributed by atoms with E-state index in [0.29, 0.717) is 24.6 Å². The Bertz CT molecular complexity index is 555. The minimum atomic E-state index is -0.0719. The quantitative estimate of drug-likeness (QED) is 0.836. The fraction of sp³-hybridized carbons (Fsp3) is 0.267. The number of amides is 1. The van der Waals surface area contributed by atoms with Crippen molar-refractivity contribution in [2.24, 2.45) is 0 Å². The van der Waals surface area contributed by atoms with Crippen LogP contribution in [0.3, 0.4) is 0 Å². The number of nitrogens with zero attached hydrogens (tertiary/aromatic N) is 3. The molecule has 0 unspecified atom stereocenters. The number of ether oxygens (including phenoxy) is 1. The minimum absolute atomic E-state index is 0.0719. The number of aromatic nitrogens is 2. The second-order valence-corrected chi connectivity index (χ2v) is 4.33. The zero-order valence-electron chi connectivity index (χ0n) is 11.6. The van der Waals surface area contributed by atoms with Gasteiger partial charge in [-0.05, 0) is 30.7 Å². The summed E-state index contributed by atoms with van der Waals surface area (Å²) in [5, 5.41) is 0. The summed E-state index contributed by atoms with van der Waals surface area (Å²) in [4.78, 5) is 21.9. The fourth-order valence-corrected chi connectivity index (χ4v) is 1.79. The van der Waals surface area contributed by atoms with Crippen molar-refractivity contribution >= 4 is 5.91 Å². The first-order valence-electron chi connectivity index (χ1n) is 6.44. The normalized spacial score (nSPS) is 10.1. The molecular formula is C15H17N3O2. The summed E-state index contributed by atoms with van der Waals surface area (Å²) in [6.45, 7) is 2.99. The molecule has 2 heterocycles. The van der Waals surface area contributed by atoms with Crippen LogP contribution in [0, 0.1) is 0 Å². The molecule has 0 saturated heterocycles. The van der Waals surface area contributed by atoms with E-state index < -0.39 is 0 Å². The van der Waals surface area contributed by atoms with E-state index in [1.807, 2.05) is 19.1 Å². The molecule has 0 atom stereocenters. The van der Waals surface area contributed by atoms with Crippen molar-refractivity contribution < 1.29 is 9.53 Å². The van der Waals surface area contributed by atoms with Crippen LogP contribution in [0.4, 0.5) is 0 Å². The fourth-order valence-electron chi connectivity index (χ4n) is 1.79. The van der Waals surface area contributed by atoms with Crippen LogP contribution < -0.4 is 4.74 Å². The van der Waals surface area contributed by atoms with E-state index in [4.69, 9.17) is 4.74 Å². The molecule has 5 heteroatoms. The Kier molecular flexibility index (Phi) is 4.65. The first-order chi connectivity index (χ1) is 9.70. The lowest BCUT2D eigenvalue weighted by molar-refractivity contribution is 0.0784. The molecule has 104 valence electrons. The standard InChI is InChI=1S/C15H17N3O2/c1-3-20-14-5-4-13(10-17-14)15(19)18(2)11-12-6-8-16-9-7-12/h4-10H,3,11H2,1-2H3. The first kappa shape index (κ1) is 14.0. The summed E-state index contributed by atoms with van der Waals surface area (Å²) < 4.78 is 5.25. The minimum Gasteiger partial charge on any atom is -0.478 e. The van der Waals surface area contributed by atoms with Crippen LogP contribution >= 0.6 is 0 Å². The van der Waals surface area contributed by atoms with E-state index in [9.17, 15) is 4.79 Å². The van der Waals surface area contributed by atoms with Gasteiger partial charge in [-0.3, -0.25) is 9.78 Å². The van der Waals surface area contributed by atoms with Gasteiger partial charge >= 0.3 is 0 Å². The maximum atomic E-state index is 12.2. The average molecular weight is 271 g/mol. The van der Waals surface area contributed by atoms with Gasteiger partial charge in [0.15, 0.2) is 0 Å². The third-order valence-electron chi connectivity index (χ3n) is 2.79. The van der Waals surface area contributed by atoms with Crippen LogP contribution in [0.25, 0.3) is 0 Å². The molecule has 0 radical (unpaired) electrons. The van der Waals surface area contributed by atoms with Crippen LogP contribution in [0.5, 0.6) is 5.88 Å². The molecule has 0 aliphatic heterocycles. The Hall–Kier alpha value is -2.43. The zero-order valence-corrected chi connectivity index (χ0v) is 11.6. The summed E-state index contributed by atoms with van der Waals surface area (Å²) in [6.07, 6.45) is 4.97. The van der Waals surface area contributed by atoms with Crippen molar-refractivity contribution in [2.45, 2.75) is 13.5 Å². The highest BCUT2D eigenvalue weighted by Crippen LogP contribution is 2.11. The van der Waals surface area contributed by atoms with Crippen molar-refractivity contribution in [3.05, 3.63) is 54.0 Å². The summed E-state index contributed by atoms with van der Waals surface area (Å²) in [5.74, 6) is 0.457. The highest BCUT2D eigenvalue weighted by molar-refractivity contribution is 5.93. The van der Waals surface area contributed by atoms with E-state index in [1.54, 1.807) is 36.5 Å². The van der Waals surface area contributed by atoms with Gasteiger partial charge in [0.25, 0.3) is 5.91 Å². The molecule has 2 rings (SSSR count). The lowest BCUT2D eigenvalue weighted by Crippen LogP contribution is -2.26. The van der Waals surface area contributed by atoms with Gasteiger partial charge in [0.2, 0.25) is 5.88 Å². The van der Waals surface area contributed by atoms with E-state index >= 15 is 0 Å². The zero-order chi connectivity index (χ0) is 14.4. The number of rotatable bonds is 5. The van der Waals surface area contributed by atoms with Gasteiger partial charge in [-0.1, -0.05) is 0 Å². The Balaban J connectivity index is 2.03. The molecule has 0 saturated carbocycles. The van der Waals surface area contributed by atoms with Crippen molar-refractivity contribution in [1.82, 2.24) is 14.9 Å². The molecule has 0 aromatic carbocycles. The molecule has 2 aromatic rings. The summed E-state index contributed by atoms with van der Waals surface area (Å²) in [7, 11) is 1.76. The van der Waals surface area contributed by atoms with Crippen molar-refractivity contribution in [1.29, 1.82) is 0 Å². The van der Waals surface area contributed by atoms with Crippen molar-refractivity contribution in [2.75, 3.05) is 13.7 Å². The maximum absolute atomic E-state index is 12.2. The molecule has 0 aliphatic carbocycles. The van der Waals surface area contributed by atoms with Crippen LogP contribution in [-0.4, -0.2) is 34.4 Å². The van der Waals surface area contributed by atoms with E-state index in [-0.39, 0.29) is 5.91 Å². The highest BCUT2D eigenvalue weighted by Gasteiger charge is 2.12. The molecule has 20 heavy (non-hydrogen) atoms. The molecule has 0 N–H and O–H groups in total. The van der Waals surface area contributed by atoms with E-state index in [0.717, 1.165) is 5.56 Å². The van der Waals surface area contributed by atoms with Crippen molar-refractivity contribution in [3.63, 3.8) is 0 Å². The number of pyridine rings is 2. The molecule has 0 aliphatic rings. The number of hydrogen-bond acceptors (Lipinski definition) is 4. The van der Waals surface area contributed by atoms with E-state index in [2.05, 4.69) is 9.97 Å². The van der Waals surface area contributed by atoms with Crippen molar-refractivity contribution in [3.8, 4) is 5.88 Å². The van der Waals surface area contributed by atoms with E-state index in [1.165, 1.54) is 6.20 Å². The Morgan fingerprint density at radius 1 is 1.25 bits per heavy atom. The second-order valence-electron chi connectivity index (χ2n) is 4.33. The third-order valence-corrected chi connectivity index (χ3v) is 2.79. The van der Waals surface area contributed by atoms with Crippen LogP contribution in [0.1, 0.15) is 22.8 Å². The number of hydrogen-bond donors (Lipinski definition) is 0. The lowest BCUT2D eigenvalue weighted by atomic mass is 10.2. The molecule has 2 aromatic heterocycles. The molecular weight excluding hydrogens is 254 g/mol. The lowest BCUT2D eigenvalue weighted by Gasteiger charge is -2.17. The maximum Gasteiger partial charge on any atom is 0.255 e. The predicted octanol–water partition coefficient (Wildman–Crippen LogP) is 2.15. The number of carbonyl (C=O) groups is 1. The largest absolute Gasteiger partial charge is 0.478 e. The SMILES string of the molecule is CCOc1ccc(C(=O)N(C)Cc2ccncc2)cn1. The van der Waals surface area contributed by atoms with Gasteiger partial charge in [0.05, 0.1) is 12.2 Å².